The van der Waals surface area contributed by atoms with Gasteiger partial charge in [-0.3, -0.25) is 18.7 Å². The van der Waals surface area contributed by atoms with E-state index in [0.717, 1.165) is 4.57 Å². The van der Waals surface area contributed by atoms with Gasteiger partial charge in [0.15, 0.2) is 0 Å². The first-order chi connectivity index (χ1) is 8.90. The van der Waals surface area contributed by atoms with Gasteiger partial charge in [-0.15, -0.1) is 0 Å². The van der Waals surface area contributed by atoms with Gasteiger partial charge in [-0.1, -0.05) is 11.6 Å². The third-order valence-corrected chi connectivity index (χ3v) is 2.84. The highest BCUT2D eigenvalue weighted by Gasteiger charge is 2.16. The fraction of sp³-hybridized carbons (Fsp3) is 0.182. The van der Waals surface area contributed by atoms with Crippen LogP contribution in [0.15, 0.2) is 23.0 Å². The highest BCUT2D eigenvalue weighted by atomic mass is 35.5. The third-order valence-electron chi connectivity index (χ3n) is 2.61. The number of imidazole rings is 1. The van der Waals surface area contributed by atoms with E-state index in [0.29, 0.717) is 16.1 Å². The second-order valence-corrected chi connectivity index (χ2v) is 4.46. The Bertz CT molecular complexity index is 731. The lowest BCUT2D eigenvalue weighted by Gasteiger charge is -1.99. The quantitative estimate of drug-likeness (QED) is 0.782. The van der Waals surface area contributed by atoms with Gasteiger partial charge in [0.05, 0.1) is 11.0 Å². The number of rotatable bonds is 4. The van der Waals surface area contributed by atoms with Gasteiger partial charge in [-0.05, 0) is 18.2 Å². The molecule has 2 rings (SSSR count). The Morgan fingerprint density at radius 2 is 1.58 bits per heavy atom. The predicted molar refractivity (Wildman–Crippen MR) is 69.6 cm³/mol. The van der Waals surface area contributed by atoms with E-state index in [1.54, 1.807) is 12.1 Å². The highest BCUT2D eigenvalue weighted by molar-refractivity contribution is 6.31. The monoisotopic (exact) mass is 282 g/mol. The molecule has 8 heteroatoms. The number of primary amides is 2. The Kier molecular flexibility index (Phi) is 3.30. The van der Waals surface area contributed by atoms with Gasteiger partial charge in [0.1, 0.15) is 13.1 Å². The molecule has 0 saturated carbocycles. The number of aromatic nitrogens is 2. The molecule has 0 atom stereocenters. The minimum absolute atomic E-state index is 0.275. The molecule has 0 saturated heterocycles. The first-order valence-corrected chi connectivity index (χ1v) is 5.73. The molecule has 0 spiro atoms. The SMILES string of the molecule is NC(=O)Cn1c(=O)n(CC(N)=O)c2cc(Cl)ccc21. The summed E-state index contributed by atoms with van der Waals surface area (Å²) in [4.78, 5) is 34.1. The van der Waals surface area contributed by atoms with E-state index in [4.69, 9.17) is 23.1 Å². The summed E-state index contributed by atoms with van der Waals surface area (Å²) in [5, 5.41) is 0.405. The van der Waals surface area contributed by atoms with Crippen LogP contribution in [0.1, 0.15) is 0 Å². The van der Waals surface area contributed by atoms with E-state index in [9.17, 15) is 14.4 Å². The molecule has 100 valence electrons. The van der Waals surface area contributed by atoms with E-state index in [1.165, 1.54) is 10.6 Å². The first kappa shape index (κ1) is 13.2. The summed E-state index contributed by atoms with van der Waals surface area (Å²) < 4.78 is 2.34. The number of hydrogen-bond donors (Lipinski definition) is 2. The lowest BCUT2D eigenvalue weighted by atomic mass is 10.3. The van der Waals surface area contributed by atoms with Crippen molar-refractivity contribution in [1.29, 1.82) is 0 Å². The van der Waals surface area contributed by atoms with Gasteiger partial charge >= 0.3 is 5.69 Å². The number of carbonyl (C=O) groups excluding carboxylic acids is 2. The predicted octanol–water partition coefficient (Wildman–Crippen LogP) is -0.573. The Hall–Kier alpha value is -2.28. The minimum Gasteiger partial charge on any atom is -0.368 e. The Morgan fingerprint density at radius 1 is 1.05 bits per heavy atom. The summed E-state index contributed by atoms with van der Waals surface area (Å²) in [5.41, 5.74) is 10.6. The third kappa shape index (κ3) is 2.45. The van der Waals surface area contributed by atoms with Crippen LogP contribution in [0.5, 0.6) is 0 Å². The van der Waals surface area contributed by atoms with Crippen molar-refractivity contribution in [2.75, 3.05) is 0 Å². The molecule has 0 aliphatic carbocycles. The zero-order valence-electron chi connectivity index (χ0n) is 9.80. The Morgan fingerprint density at radius 3 is 2.11 bits per heavy atom. The molecule has 1 aromatic carbocycles. The van der Waals surface area contributed by atoms with Gasteiger partial charge in [-0.2, -0.15) is 0 Å². The van der Waals surface area contributed by atoms with Crippen molar-refractivity contribution >= 4 is 34.4 Å². The average Bonchev–Trinajstić information content (AvgIpc) is 2.53. The lowest BCUT2D eigenvalue weighted by molar-refractivity contribution is -0.119. The molecule has 4 N–H and O–H groups in total. The smallest absolute Gasteiger partial charge is 0.330 e. The molecule has 2 aromatic rings. The molecule has 0 bridgehead atoms. The summed E-state index contributed by atoms with van der Waals surface area (Å²) in [6.07, 6.45) is 0. The van der Waals surface area contributed by atoms with Crippen molar-refractivity contribution in [2.24, 2.45) is 11.5 Å². The molecular weight excluding hydrogens is 272 g/mol. The zero-order valence-corrected chi connectivity index (χ0v) is 10.6. The molecule has 0 aliphatic heterocycles. The summed E-state index contributed by atoms with van der Waals surface area (Å²) >= 11 is 5.86. The second-order valence-electron chi connectivity index (χ2n) is 4.02. The number of fused-ring (bicyclic) bond motifs is 1. The van der Waals surface area contributed by atoms with Crippen LogP contribution in [0.2, 0.25) is 5.02 Å². The topological polar surface area (TPSA) is 113 Å². The van der Waals surface area contributed by atoms with E-state index < -0.39 is 17.5 Å². The molecule has 1 heterocycles. The van der Waals surface area contributed by atoms with Crippen molar-refractivity contribution in [2.45, 2.75) is 13.1 Å². The molecular formula is C11H11ClN4O3. The van der Waals surface area contributed by atoms with Crippen molar-refractivity contribution in [3.63, 3.8) is 0 Å². The molecule has 19 heavy (non-hydrogen) atoms. The summed E-state index contributed by atoms with van der Waals surface area (Å²) in [6.45, 7) is -0.565. The minimum atomic E-state index is -0.666. The van der Waals surface area contributed by atoms with Crippen molar-refractivity contribution in [3.8, 4) is 0 Å². The van der Waals surface area contributed by atoms with Crippen molar-refractivity contribution in [1.82, 2.24) is 9.13 Å². The van der Waals surface area contributed by atoms with Crippen LogP contribution in [-0.4, -0.2) is 20.9 Å². The number of hydrogen-bond acceptors (Lipinski definition) is 3. The summed E-state index contributed by atoms with van der Waals surface area (Å²) in [5.74, 6) is -1.32. The summed E-state index contributed by atoms with van der Waals surface area (Å²) in [6, 6.07) is 4.69. The number of benzene rings is 1. The van der Waals surface area contributed by atoms with Crippen LogP contribution in [0.3, 0.4) is 0 Å². The fourth-order valence-electron chi connectivity index (χ4n) is 1.91. The van der Waals surface area contributed by atoms with Gasteiger partial charge < -0.3 is 11.5 Å². The van der Waals surface area contributed by atoms with Crippen molar-refractivity contribution in [3.05, 3.63) is 33.7 Å². The lowest BCUT2D eigenvalue weighted by Crippen LogP contribution is -2.32. The number of halogens is 1. The normalized spacial score (nSPS) is 10.8. The van der Waals surface area contributed by atoms with Crippen molar-refractivity contribution < 1.29 is 9.59 Å². The molecule has 1 aromatic heterocycles. The van der Waals surface area contributed by atoms with Crippen LogP contribution >= 0.6 is 11.6 Å². The number of nitrogens with two attached hydrogens (primary N) is 2. The van der Waals surface area contributed by atoms with Crippen LogP contribution in [0.4, 0.5) is 0 Å². The molecule has 0 unspecified atom stereocenters. The highest BCUT2D eigenvalue weighted by Crippen LogP contribution is 2.18. The molecule has 0 fully saturated rings. The zero-order chi connectivity index (χ0) is 14.2. The first-order valence-electron chi connectivity index (χ1n) is 5.35. The maximum absolute atomic E-state index is 12.1. The van der Waals surface area contributed by atoms with Crippen LogP contribution < -0.4 is 17.2 Å². The number of carbonyl (C=O) groups is 2. The summed E-state index contributed by atoms with van der Waals surface area (Å²) in [7, 11) is 0. The van der Waals surface area contributed by atoms with Gasteiger partial charge in [0.2, 0.25) is 11.8 Å². The second kappa shape index (κ2) is 4.77. The van der Waals surface area contributed by atoms with Gasteiger partial charge in [0.25, 0.3) is 0 Å². The Labute approximate surface area is 112 Å². The largest absolute Gasteiger partial charge is 0.368 e. The Balaban J connectivity index is 2.75. The van der Waals surface area contributed by atoms with E-state index in [-0.39, 0.29) is 13.1 Å². The number of amides is 2. The molecule has 0 radical (unpaired) electrons. The standard InChI is InChI=1S/C11H11ClN4O3/c12-6-1-2-7-8(3-6)16(5-10(14)18)11(19)15(7)4-9(13)17/h1-3H,4-5H2,(H2,13,17)(H2,14,18). The fourth-order valence-corrected chi connectivity index (χ4v) is 2.08. The molecule has 2 amide bonds. The maximum Gasteiger partial charge on any atom is 0.330 e. The maximum atomic E-state index is 12.1. The number of nitrogens with zero attached hydrogens (tertiary/aromatic N) is 2. The average molecular weight is 283 g/mol. The molecule has 0 aliphatic rings. The van der Waals surface area contributed by atoms with Gasteiger partial charge in [0, 0.05) is 5.02 Å². The van der Waals surface area contributed by atoms with Crippen LogP contribution in [-0.2, 0) is 22.7 Å². The van der Waals surface area contributed by atoms with Crippen LogP contribution in [0.25, 0.3) is 11.0 Å². The van der Waals surface area contributed by atoms with E-state index in [2.05, 4.69) is 0 Å². The van der Waals surface area contributed by atoms with E-state index >= 15 is 0 Å². The molecule has 7 nitrogen and oxygen atoms in total. The van der Waals surface area contributed by atoms with Crippen LogP contribution in [0, 0.1) is 0 Å². The van der Waals surface area contributed by atoms with Gasteiger partial charge in [-0.25, -0.2) is 4.79 Å². The van der Waals surface area contributed by atoms with E-state index in [1.807, 2.05) is 0 Å².